The van der Waals surface area contributed by atoms with Crippen LogP contribution < -0.4 is 16.0 Å². The number of carbonyl (C=O) groups is 1. The standard InChI is InChI=1S/C22H22N4O3/c1-29-18-10-17(24)16(11-23)19-14-4-2-3-5-15(14)20(25-21(18)19)12-6-8-13(9-7-12)22(27)26-28/h6-11,23,28H,2-5,24H2,1H3,(H,26,27). The zero-order chi connectivity index (χ0) is 20.5. The van der Waals surface area contributed by atoms with Gasteiger partial charge in [0.1, 0.15) is 11.3 Å². The predicted octanol–water partition coefficient (Wildman–Crippen LogP) is 3.49. The Hall–Kier alpha value is -3.45. The maximum absolute atomic E-state index is 11.6. The second-order valence-electron chi connectivity index (χ2n) is 7.09. The summed E-state index contributed by atoms with van der Waals surface area (Å²) >= 11 is 0. The quantitative estimate of drug-likeness (QED) is 0.235. The summed E-state index contributed by atoms with van der Waals surface area (Å²) in [5.41, 5.74) is 14.1. The van der Waals surface area contributed by atoms with Crippen molar-refractivity contribution in [1.82, 2.24) is 10.5 Å². The van der Waals surface area contributed by atoms with Gasteiger partial charge in [-0.05, 0) is 48.9 Å². The van der Waals surface area contributed by atoms with Crippen molar-refractivity contribution in [2.45, 2.75) is 25.7 Å². The first-order valence-corrected chi connectivity index (χ1v) is 9.46. The number of nitrogen functional groups attached to an aromatic ring is 1. The van der Waals surface area contributed by atoms with Crippen LogP contribution in [0.1, 0.15) is 39.9 Å². The van der Waals surface area contributed by atoms with Crippen molar-refractivity contribution in [1.29, 1.82) is 5.41 Å². The van der Waals surface area contributed by atoms with Crippen molar-refractivity contribution >= 4 is 28.7 Å². The maximum Gasteiger partial charge on any atom is 0.274 e. The number of hydroxylamine groups is 1. The number of ether oxygens (including phenoxy) is 1. The lowest BCUT2D eigenvalue weighted by Gasteiger charge is -2.23. The van der Waals surface area contributed by atoms with Crippen LogP contribution in [0, 0.1) is 5.41 Å². The van der Waals surface area contributed by atoms with Crippen LogP contribution in [0.25, 0.3) is 22.2 Å². The second kappa shape index (κ2) is 7.52. The number of amides is 1. The number of nitrogens with one attached hydrogen (secondary N) is 2. The van der Waals surface area contributed by atoms with Crippen molar-refractivity contribution in [3.8, 4) is 17.0 Å². The van der Waals surface area contributed by atoms with Gasteiger partial charge in [-0.3, -0.25) is 10.0 Å². The first-order valence-electron chi connectivity index (χ1n) is 9.46. The molecule has 5 N–H and O–H groups in total. The van der Waals surface area contributed by atoms with E-state index in [-0.39, 0.29) is 0 Å². The molecule has 0 saturated carbocycles. The van der Waals surface area contributed by atoms with Gasteiger partial charge in [-0.1, -0.05) is 12.1 Å². The van der Waals surface area contributed by atoms with Crippen molar-refractivity contribution in [3.63, 3.8) is 0 Å². The number of nitrogens with zero attached hydrogens (tertiary/aromatic N) is 1. The molecule has 0 unspecified atom stereocenters. The molecule has 0 atom stereocenters. The Morgan fingerprint density at radius 1 is 1.24 bits per heavy atom. The number of aromatic nitrogens is 1. The first-order chi connectivity index (χ1) is 14.1. The molecule has 0 saturated heterocycles. The van der Waals surface area contributed by atoms with Crippen molar-refractivity contribution in [2.24, 2.45) is 0 Å². The highest BCUT2D eigenvalue weighted by Crippen LogP contribution is 2.40. The van der Waals surface area contributed by atoms with Crippen LogP contribution in [0.15, 0.2) is 30.3 Å². The Morgan fingerprint density at radius 3 is 2.55 bits per heavy atom. The third-order valence-corrected chi connectivity index (χ3v) is 5.50. The number of anilines is 1. The Bertz CT molecular complexity index is 1120. The molecule has 29 heavy (non-hydrogen) atoms. The summed E-state index contributed by atoms with van der Waals surface area (Å²) in [6, 6.07) is 8.68. The molecule has 0 fully saturated rings. The van der Waals surface area contributed by atoms with Gasteiger partial charge in [0.05, 0.1) is 12.8 Å². The number of carbonyl (C=O) groups excluding carboxylic acids is 1. The molecule has 1 amide bonds. The summed E-state index contributed by atoms with van der Waals surface area (Å²) in [5, 5.41) is 17.6. The topological polar surface area (TPSA) is 121 Å². The fourth-order valence-corrected chi connectivity index (χ4v) is 4.11. The van der Waals surface area contributed by atoms with Crippen molar-refractivity contribution in [2.75, 3.05) is 12.8 Å². The number of rotatable bonds is 4. The Balaban J connectivity index is 2.02. The monoisotopic (exact) mass is 390 g/mol. The van der Waals surface area contributed by atoms with E-state index in [9.17, 15) is 4.79 Å². The molecule has 1 aliphatic rings. The van der Waals surface area contributed by atoms with Crippen LogP contribution in [-0.4, -0.2) is 29.4 Å². The minimum atomic E-state index is -0.558. The van der Waals surface area contributed by atoms with Crippen LogP contribution >= 0.6 is 0 Å². The predicted molar refractivity (Wildman–Crippen MR) is 112 cm³/mol. The number of fused-ring (bicyclic) bond motifs is 3. The fourth-order valence-electron chi connectivity index (χ4n) is 4.11. The summed E-state index contributed by atoms with van der Waals surface area (Å²) in [5.74, 6) is 0.0202. The molecule has 1 aliphatic carbocycles. The van der Waals surface area contributed by atoms with Gasteiger partial charge in [-0.25, -0.2) is 10.5 Å². The SMILES string of the molecule is COc1cc(N)c(C=N)c2c3c(c(-c4ccc(C(=O)NO)cc4)nc12)CCCC3. The van der Waals surface area contributed by atoms with Gasteiger partial charge in [-0.15, -0.1) is 0 Å². The van der Waals surface area contributed by atoms with Crippen molar-refractivity contribution < 1.29 is 14.7 Å². The maximum atomic E-state index is 11.6. The van der Waals surface area contributed by atoms with E-state index in [1.54, 1.807) is 30.8 Å². The Morgan fingerprint density at radius 2 is 1.93 bits per heavy atom. The number of methoxy groups -OCH3 is 1. The Labute approximate surface area is 168 Å². The van der Waals surface area contributed by atoms with E-state index in [0.717, 1.165) is 53.5 Å². The second-order valence-corrected chi connectivity index (χ2v) is 7.09. The lowest BCUT2D eigenvalue weighted by molar-refractivity contribution is 0.0706. The molecular weight excluding hydrogens is 368 g/mol. The molecule has 0 bridgehead atoms. The van der Waals surface area contributed by atoms with E-state index in [1.807, 2.05) is 12.1 Å². The van der Waals surface area contributed by atoms with E-state index in [0.29, 0.717) is 28.1 Å². The minimum absolute atomic E-state index is 0.363. The lowest BCUT2D eigenvalue weighted by Crippen LogP contribution is -2.18. The first kappa shape index (κ1) is 18.9. The highest BCUT2D eigenvalue weighted by atomic mass is 16.5. The van der Waals surface area contributed by atoms with E-state index in [4.69, 9.17) is 26.1 Å². The normalized spacial score (nSPS) is 13.0. The highest BCUT2D eigenvalue weighted by Gasteiger charge is 2.24. The van der Waals surface area contributed by atoms with Crippen LogP contribution in [0.3, 0.4) is 0 Å². The molecule has 2 aromatic carbocycles. The van der Waals surface area contributed by atoms with E-state index >= 15 is 0 Å². The highest BCUT2D eigenvalue weighted by molar-refractivity contribution is 6.07. The summed E-state index contributed by atoms with van der Waals surface area (Å²) in [4.78, 5) is 16.6. The van der Waals surface area contributed by atoms with Crippen LogP contribution in [0.2, 0.25) is 0 Å². The third-order valence-electron chi connectivity index (χ3n) is 5.50. The average Bonchev–Trinajstić information content (AvgIpc) is 2.77. The molecule has 148 valence electrons. The number of hydrogen-bond donors (Lipinski definition) is 4. The molecular formula is C22H22N4O3. The summed E-state index contributed by atoms with van der Waals surface area (Å²) in [6.07, 6.45) is 5.20. The molecule has 4 rings (SSSR count). The molecule has 0 aliphatic heterocycles. The summed E-state index contributed by atoms with van der Waals surface area (Å²) in [6.45, 7) is 0. The van der Waals surface area contributed by atoms with E-state index < -0.39 is 5.91 Å². The zero-order valence-corrected chi connectivity index (χ0v) is 16.1. The van der Waals surface area contributed by atoms with Crippen LogP contribution in [0.4, 0.5) is 5.69 Å². The largest absolute Gasteiger partial charge is 0.494 e. The fraction of sp³-hybridized carbons (Fsp3) is 0.227. The number of pyridine rings is 1. The van der Waals surface area contributed by atoms with Gasteiger partial charge >= 0.3 is 0 Å². The lowest BCUT2D eigenvalue weighted by atomic mass is 9.84. The average molecular weight is 390 g/mol. The van der Waals surface area contributed by atoms with Gasteiger partial charge in [-0.2, -0.15) is 0 Å². The zero-order valence-electron chi connectivity index (χ0n) is 16.1. The number of aryl methyl sites for hydroxylation is 1. The summed E-state index contributed by atoms with van der Waals surface area (Å²) < 4.78 is 5.56. The van der Waals surface area contributed by atoms with E-state index in [1.165, 1.54) is 6.21 Å². The van der Waals surface area contributed by atoms with Crippen LogP contribution in [0.5, 0.6) is 5.75 Å². The minimum Gasteiger partial charge on any atom is -0.494 e. The van der Waals surface area contributed by atoms with E-state index in [2.05, 4.69) is 0 Å². The van der Waals surface area contributed by atoms with Gasteiger partial charge in [0.2, 0.25) is 0 Å². The van der Waals surface area contributed by atoms with Crippen molar-refractivity contribution in [3.05, 3.63) is 52.6 Å². The van der Waals surface area contributed by atoms with Gasteiger partial charge in [0.15, 0.2) is 0 Å². The number of hydrogen-bond acceptors (Lipinski definition) is 6. The van der Waals surface area contributed by atoms with Gasteiger partial charge < -0.3 is 15.9 Å². The molecule has 1 aromatic heterocycles. The summed E-state index contributed by atoms with van der Waals surface area (Å²) in [7, 11) is 1.58. The third kappa shape index (κ3) is 3.09. The molecule has 0 radical (unpaired) electrons. The smallest absolute Gasteiger partial charge is 0.274 e. The van der Waals surface area contributed by atoms with Crippen LogP contribution in [-0.2, 0) is 12.8 Å². The molecule has 3 aromatic rings. The molecule has 7 nitrogen and oxygen atoms in total. The van der Waals surface area contributed by atoms with Gasteiger partial charge in [0.25, 0.3) is 5.91 Å². The molecule has 0 spiro atoms. The number of benzene rings is 2. The molecule has 1 heterocycles. The molecule has 7 heteroatoms. The van der Waals surface area contributed by atoms with Gasteiger partial charge in [0, 0.05) is 40.0 Å². The number of nitrogens with two attached hydrogens (primary N) is 1. The Kier molecular flexibility index (Phi) is 4.90.